The highest BCUT2D eigenvalue weighted by Crippen LogP contribution is 2.12. The van der Waals surface area contributed by atoms with Crippen molar-refractivity contribution >= 4 is 41.0 Å². The Morgan fingerprint density at radius 2 is 1.78 bits per heavy atom. The summed E-state index contributed by atoms with van der Waals surface area (Å²) in [5.41, 5.74) is 0.533. The van der Waals surface area contributed by atoms with E-state index in [0.29, 0.717) is 17.0 Å². The highest BCUT2D eigenvalue weighted by Gasteiger charge is 2.21. The Bertz CT molecular complexity index is 560. The molecule has 1 aromatic carbocycles. The van der Waals surface area contributed by atoms with Crippen LogP contribution in [0.5, 0.6) is 0 Å². The van der Waals surface area contributed by atoms with Crippen LogP contribution in [0.1, 0.15) is 30.6 Å². The smallest absolute Gasteiger partial charge is 0.326 e. The van der Waals surface area contributed by atoms with E-state index in [1.165, 1.54) is 0 Å². The van der Waals surface area contributed by atoms with Gasteiger partial charge in [0.05, 0.1) is 11.5 Å². The van der Waals surface area contributed by atoms with Crippen molar-refractivity contribution in [3.8, 4) is 0 Å². The predicted molar refractivity (Wildman–Crippen MR) is 92.1 cm³/mol. The SMILES string of the molecule is CC(C)C[C@H](NC(=O)CSCC(=O)c1ccc(Cl)cc1)C(=O)O. The van der Waals surface area contributed by atoms with Crippen LogP contribution in [0.3, 0.4) is 0 Å². The van der Waals surface area contributed by atoms with Gasteiger partial charge in [-0.25, -0.2) is 4.79 Å². The summed E-state index contributed by atoms with van der Waals surface area (Å²) in [4.78, 5) is 34.8. The fraction of sp³-hybridized carbons (Fsp3) is 0.438. The number of Topliss-reactive ketones (excluding diaryl/α,β-unsaturated/α-hetero) is 1. The zero-order chi connectivity index (χ0) is 17.4. The van der Waals surface area contributed by atoms with E-state index >= 15 is 0 Å². The van der Waals surface area contributed by atoms with Crippen molar-refractivity contribution in [3.63, 3.8) is 0 Å². The molecule has 1 rings (SSSR count). The molecule has 23 heavy (non-hydrogen) atoms. The number of carboxylic acids is 1. The van der Waals surface area contributed by atoms with Crippen molar-refractivity contribution in [3.05, 3.63) is 34.9 Å². The summed E-state index contributed by atoms with van der Waals surface area (Å²) in [5, 5.41) is 12.1. The highest BCUT2D eigenvalue weighted by atomic mass is 35.5. The average molecular weight is 358 g/mol. The molecule has 1 aromatic rings. The summed E-state index contributed by atoms with van der Waals surface area (Å²) in [5.74, 6) is -1.17. The minimum absolute atomic E-state index is 0.0429. The fourth-order valence-corrected chi connectivity index (χ4v) is 2.73. The van der Waals surface area contributed by atoms with Gasteiger partial charge in [-0.1, -0.05) is 25.4 Å². The van der Waals surface area contributed by atoms with Crippen LogP contribution in [0, 0.1) is 5.92 Å². The second kappa shape index (κ2) is 9.57. The van der Waals surface area contributed by atoms with Crippen LogP contribution < -0.4 is 5.32 Å². The Hall–Kier alpha value is -1.53. The second-order valence-electron chi connectivity index (χ2n) is 5.51. The summed E-state index contributed by atoms with van der Waals surface area (Å²) >= 11 is 6.91. The number of halogens is 1. The first-order chi connectivity index (χ1) is 10.8. The van der Waals surface area contributed by atoms with Crippen LogP contribution >= 0.6 is 23.4 Å². The average Bonchev–Trinajstić information content (AvgIpc) is 2.46. The third kappa shape index (κ3) is 7.52. The lowest BCUT2D eigenvalue weighted by atomic mass is 10.0. The molecule has 1 amide bonds. The molecule has 0 aromatic heterocycles. The van der Waals surface area contributed by atoms with Crippen LogP contribution in [0.25, 0.3) is 0 Å². The first-order valence-corrected chi connectivity index (χ1v) is 8.71. The Morgan fingerprint density at radius 1 is 1.17 bits per heavy atom. The maximum Gasteiger partial charge on any atom is 0.326 e. The number of thioether (sulfide) groups is 1. The number of benzene rings is 1. The number of carbonyl (C=O) groups excluding carboxylic acids is 2. The standard InChI is InChI=1S/C16H20ClNO4S/c1-10(2)7-13(16(21)22)18-15(20)9-23-8-14(19)11-3-5-12(17)6-4-11/h3-6,10,13H,7-9H2,1-2H3,(H,18,20)(H,21,22)/t13-/m0/s1. The number of rotatable bonds is 9. The summed E-state index contributed by atoms with van der Waals surface area (Å²) in [6.07, 6.45) is 0.370. The molecule has 5 nitrogen and oxygen atoms in total. The van der Waals surface area contributed by atoms with Gasteiger partial charge in [-0.2, -0.15) is 0 Å². The van der Waals surface area contributed by atoms with Gasteiger partial charge in [0.1, 0.15) is 6.04 Å². The largest absolute Gasteiger partial charge is 0.480 e. The molecule has 0 heterocycles. The molecular formula is C16H20ClNO4S. The van der Waals surface area contributed by atoms with E-state index in [9.17, 15) is 14.4 Å². The first kappa shape index (κ1) is 19.5. The van der Waals surface area contributed by atoms with Gasteiger partial charge in [-0.3, -0.25) is 9.59 Å². The Morgan fingerprint density at radius 3 is 2.30 bits per heavy atom. The van der Waals surface area contributed by atoms with E-state index < -0.39 is 12.0 Å². The molecule has 0 spiro atoms. The number of hydrogen-bond acceptors (Lipinski definition) is 4. The van der Waals surface area contributed by atoms with Gasteiger partial charge >= 0.3 is 5.97 Å². The van der Waals surface area contributed by atoms with E-state index in [-0.39, 0.29) is 29.1 Å². The predicted octanol–water partition coefficient (Wildman–Crippen LogP) is 2.87. The summed E-state index contributed by atoms with van der Waals surface area (Å²) in [6, 6.07) is 5.64. The van der Waals surface area contributed by atoms with Crippen LogP contribution in [-0.4, -0.2) is 40.3 Å². The molecule has 0 radical (unpaired) electrons. The zero-order valence-electron chi connectivity index (χ0n) is 13.0. The molecule has 7 heteroatoms. The number of aliphatic carboxylic acids is 1. The molecule has 0 fully saturated rings. The van der Waals surface area contributed by atoms with Crippen molar-refractivity contribution < 1.29 is 19.5 Å². The van der Waals surface area contributed by atoms with Gasteiger partial charge in [0, 0.05) is 10.6 Å². The molecule has 1 atom stereocenters. The highest BCUT2D eigenvalue weighted by molar-refractivity contribution is 8.00. The summed E-state index contributed by atoms with van der Waals surface area (Å²) < 4.78 is 0. The summed E-state index contributed by atoms with van der Waals surface area (Å²) in [7, 11) is 0. The zero-order valence-corrected chi connectivity index (χ0v) is 14.6. The molecule has 2 N–H and O–H groups in total. The van der Waals surface area contributed by atoms with Crippen LogP contribution in [0.2, 0.25) is 5.02 Å². The lowest BCUT2D eigenvalue weighted by molar-refractivity contribution is -0.141. The molecule has 0 saturated carbocycles. The number of nitrogens with one attached hydrogen (secondary N) is 1. The fourth-order valence-electron chi connectivity index (χ4n) is 1.88. The number of hydrogen-bond donors (Lipinski definition) is 2. The van der Waals surface area contributed by atoms with Gasteiger partial charge in [0.25, 0.3) is 0 Å². The minimum Gasteiger partial charge on any atom is -0.480 e. The third-order valence-corrected chi connectivity index (χ3v) is 4.16. The van der Waals surface area contributed by atoms with E-state index in [0.717, 1.165) is 11.8 Å². The number of carboxylic acid groups (broad SMARTS) is 1. The van der Waals surface area contributed by atoms with Gasteiger partial charge in [0.15, 0.2) is 5.78 Å². The molecule has 0 saturated heterocycles. The third-order valence-electron chi connectivity index (χ3n) is 2.97. The molecule has 0 aliphatic heterocycles. The van der Waals surface area contributed by atoms with Gasteiger partial charge in [-0.15, -0.1) is 11.8 Å². The van der Waals surface area contributed by atoms with Crippen molar-refractivity contribution in [2.75, 3.05) is 11.5 Å². The Kier molecular flexibility index (Phi) is 8.12. The van der Waals surface area contributed by atoms with E-state index in [1.54, 1.807) is 24.3 Å². The van der Waals surface area contributed by atoms with Crippen LogP contribution in [0.15, 0.2) is 24.3 Å². The Labute approximate surface area is 144 Å². The lowest BCUT2D eigenvalue weighted by Gasteiger charge is -2.16. The van der Waals surface area contributed by atoms with Crippen molar-refractivity contribution in [1.82, 2.24) is 5.32 Å². The molecule has 126 valence electrons. The van der Waals surface area contributed by atoms with E-state index in [1.807, 2.05) is 13.8 Å². The normalized spacial score (nSPS) is 12.0. The number of amides is 1. The van der Waals surface area contributed by atoms with Crippen molar-refractivity contribution in [2.45, 2.75) is 26.3 Å². The Balaban J connectivity index is 2.39. The van der Waals surface area contributed by atoms with E-state index in [2.05, 4.69) is 5.32 Å². The van der Waals surface area contributed by atoms with Crippen molar-refractivity contribution in [2.24, 2.45) is 5.92 Å². The summed E-state index contributed by atoms with van der Waals surface area (Å²) in [6.45, 7) is 3.78. The lowest BCUT2D eigenvalue weighted by Crippen LogP contribution is -2.42. The molecule has 0 aliphatic rings. The monoisotopic (exact) mass is 357 g/mol. The number of carbonyl (C=O) groups is 3. The van der Waals surface area contributed by atoms with Gasteiger partial charge in [0.2, 0.25) is 5.91 Å². The van der Waals surface area contributed by atoms with Crippen molar-refractivity contribution in [1.29, 1.82) is 0 Å². The topological polar surface area (TPSA) is 83.5 Å². The molecular weight excluding hydrogens is 338 g/mol. The van der Waals surface area contributed by atoms with Crippen LogP contribution in [0.4, 0.5) is 0 Å². The van der Waals surface area contributed by atoms with Gasteiger partial charge < -0.3 is 10.4 Å². The maximum atomic E-state index is 11.9. The molecule has 0 aliphatic carbocycles. The van der Waals surface area contributed by atoms with Gasteiger partial charge in [-0.05, 0) is 36.6 Å². The maximum absolute atomic E-state index is 11.9. The first-order valence-electron chi connectivity index (χ1n) is 7.18. The van der Waals surface area contributed by atoms with E-state index in [4.69, 9.17) is 16.7 Å². The molecule has 0 unspecified atom stereocenters. The number of ketones is 1. The minimum atomic E-state index is -1.05. The quantitative estimate of drug-likeness (QED) is 0.664. The second-order valence-corrected chi connectivity index (χ2v) is 6.93. The molecule has 0 bridgehead atoms. The van der Waals surface area contributed by atoms with Crippen LogP contribution in [-0.2, 0) is 9.59 Å².